The van der Waals surface area contributed by atoms with E-state index < -0.39 is 5.66 Å². The standard InChI is InChI=1S/C23H23ClN2O2S/c1-28-19-12-8-16(9-13-19)20-22(29)26(21(27)17-6-10-18(24)11-7-17)23(25-20)14-4-2-3-5-15-23/h6-13H,2-5,14-15H2,1H3. The topological polar surface area (TPSA) is 41.9 Å². The Morgan fingerprint density at radius 1 is 1.03 bits per heavy atom. The quantitative estimate of drug-likeness (QED) is 0.593. The molecule has 0 saturated heterocycles. The summed E-state index contributed by atoms with van der Waals surface area (Å²) in [6, 6.07) is 14.7. The first kappa shape index (κ1) is 20.0. The third-order valence-electron chi connectivity index (χ3n) is 5.70. The van der Waals surface area contributed by atoms with E-state index in [9.17, 15) is 4.79 Å². The average molecular weight is 427 g/mol. The lowest BCUT2D eigenvalue weighted by Gasteiger charge is -2.35. The summed E-state index contributed by atoms with van der Waals surface area (Å²) in [5, 5.41) is 0.602. The molecule has 2 aliphatic rings. The lowest BCUT2D eigenvalue weighted by atomic mass is 9.99. The highest BCUT2D eigenvalue weighted by atomic mass is 35.5. The van der Waals surface area contributed by atoms with Crippen molar-refractivity contribution in [1.82, 2.24) is 4.90 Å². The first-order valence-electron chi connectivity index (χ1n) is 9.93. The van der Waals surface area contributed by atoms with Crippen molar-refractivity contribution in [3.05, 3.63) is 64.7 Å². The van der Waals surface area contributed by atoms with Gasteiger partial charge in [0.05, 0.1) is 7.11 Å². The number of amides is 1. The number of carbonyl (C=O) groups is 1. The third kappa shape index (κ3) is 3.81. The molecule has 1 saturated carbocycles. The summed E-state index contributed by atoms with van der Waals surface area (Å²) in [4.78, 5) is 20.9. The fourth-order valence-corrected chi connectivity index (χ4v) is 4.71. The Bertz CT molecular complexity index is 946. The third-order valence-corrected chi connectivity index (χ3v) is 6.33. The van der Waals surface area contributed by atoms with Crippen LogP contribution in [0.25, 0.3) is 0 Å². The van der Waals surface area contributed by atoms with Crippen molar-refractivity contribution in [2.24, 2.45) is 4.99 Å². The molecule has 1 aliphatic carbocycles. The Kier molecular flexibility index (Phi) is 5.70. The second kappa shape index (κ2) is 8.25. The summed E-state index contributed by atoms with van der Waals surface area (Å²) in [5.41, 5.74) is 1.60. The van der Waals surface area contributed by atoms with Crippen LogP contribution in [0.4, 0.5) is 0 Å². The number of thiocarbonyl (C=S) groups is 1. The van der Waals surface area contributed by atoms with Crippen LogP contribution in [-0.4, -0.2) is 34.3 Å². The van der Waals surface area contributed by atoms with E-state index in [0.717, 1.165) is 49.8 Å². The summed E-state index contributed by atoms with van der Waals surface area (Å²) in [6.45, 7) is 0. The van der Waals surface area contributed by atoms with Crippen LogP contribution in [0, 0.1) is 0 Å². The van der Waals surface area contributed by atoms with Crippen LogP contribution in [0.2, 0.25) is 5.02 Å². The summed E-state index contributed by atoms with van der Waals surface area (Å²) in [7, 11) is 1.64. The van der Waals surface area contributed by atoms with E-state index in [4.69, 9.17) is 33.5 Å². The maximum atomic E-state index is 13.5. The lowest BCUT2D eigenvalue weighted by molar-refractivity contribution is 0.0692. The van der Waals surface area contributed by atoms with E-state index in [2.05, 4.69) is 0 Å². The molecule has 1 heterocycles. The van der Waals surface area contributed by atoms with E-state index in [-0.39, 0.29) is 5.91 Å². The zero-order valence-corrected chi connectivity index (χ0v) is 17.9. The first-order chi connectivity index (χ1) is 14.0. The number of ether oxygens (including phenoxy) is 1. The molecule has 1 amide bonds. The van der Waals surface area contributed by atoms with Crippen LogP contribution >= 0.6 is 23.8 Å². The number of hydrogen-bond acceptors (Lipinski definition) is 4. The van der Waals surface area contributed by atoms with Gasteiger partial charge in [-0.1, -0.05) is 36.7 Å². The second-order valence-corrected chi connectivity index (χ2v) is 8.36. The zero-order chi connectivity index (χ0) is 20.4. The molecule has 1 aliphatic heterocycles. The Morgan fingerprint density at radius 3 is 2.24 bits per heavy atom. The van der Waals surface area contributed by atoms with E-state index in [1.807, 2.05) is 24.3 Å². The molecule has 2 aromatic rings. The van der Waals surface area contributed by atoms with Gasteiger partial charge >= 0.3 is 0 Å². The minimum absolute atomic E-state index is 0.110. The van der Waals surface area contributed by atoms with Crippen LogP contribution in [0.1, 0.15) is 54.4 Å². The number of nitrogens with zero attached hydrogens (tertiary/aromatic N) is 2. The summed E-state index contributed by atoms with van der Waals surface area (Å²) in [6.07, 6.45) is 6.03. The number of methoxy groups -OCH3 is 1. The number of aliphatic imine (C=N–C) groups is 1. The highest BCUT2D eigenvalue weighted by molar-refractivity contribution is 7.82. The number of rotatable bonds is 3. The first-order valence-corrected chi connectivity index (χ1v) is 10.7. The molecule has 0 bridgehead atoms. The van der Waals surface area contributed by atoms with Crippen molar-refractivity contribution in [3.63, 3.8) is 0 Å². The molecule has 0 radical (unpaired) electrons. The molecule has 1 spiro atoms. The van der Waals surface area contributed by atoms with Gasteiger partial charge in [-0.2, -0.15) is 0 Å². The molecule has 0 unspecified atom stereocenters. The molecular weight excluding hydrogens is 404 g/mol. The summed E-state index contributed by atoms with van der Waals surface area (Å²) in [5.74, 6) is 0.664. The fraction of sp³-hybridized carbons (Fsp3) is 0.348. The van der Waals surface area contributed by atoms with E-state index >= 15 is 0 Å². The molecule has 4 rings (SSSR count). The smallest absolute Gasteiger partial charge is 0.260 e. The van der Waals surface area contributed by atoms with Crippen molar-refractivity contribution < 1.29 is 9.53 Å². The number of carbonyl (C=O) groups excluding carboxylic acids is 1. The molecular formula is C23H23ClN2O2S. The van der Waals surface area contributed by atoms with Crippen molar-refractivity contribution in [2.45, 2.75) is 44.2 Å². The molecule has 1 fully saturated rings. The Labute approximate surface area is 181 Å². The van der Waals surface area contributed by atoms with Crippen LogP contribution in [-0.2, 0) is 0 Å². The van der Waals surface area contributed by atoms with Crippen molar-refractivity contribution in [2.75, 3.05) is 7.11 Å². The van der Waals surface area contributed by atoms with Crippen LogP contribution in [0.15, 0.2) is 53.5 Å². The van der Waals surface area contributed by atoms with Crippen LogP contribution < -0.4 is 4.74 Å². The second-order valence-electron chi connectivity index (χ2n) is 7.54. The van der Waals surface area contributed by atoms with Gasteiger partial charge < -0.3 is 4.74 Å². The molecule has 0 atom stereocenters. The van der Waals surface area contributed by atoms with Crippen molar-refractivity contribution in [3.8, 4) is 5.75 Å². The van der Waals surface area contributed by atoms with Crippen LogP contribution in [0.5, 0.6) is 5.75 Å². The summed E-state index contributed by atoms with van der Waals surface area (Å²) < 4.78 is 5.26. The minimum atomic E-state index is -0.598. The van der Waals surface area contributed by atoms with E-state index in [1.165, 1.54) is 0 Å². The SMILES string of the molecule is COc1ccc(C2=NC3(CCCCCC3)N(C(=O)c3ccc(Cl)cc3)C2=S)cc1. The monoisotopic (exact) mass is 426 g/mol. The molecule has 0 aromatic heterocycles. The van der Waals surface area contributed by atoms with Gasteiger partial charge in [0.25, 0.3) is 5.91 Å². The molecule has 29 heavy (non-hydrogen) atoms. The van der Waals surface area contributed by atoms with Gasteiger partial charge in [-0.3, -0.25) is 14.7 Å². The zero-order valence-electron chi connectivity index (χ0n) is 16.4. The minimum Gasteiger partial charge on any atom is -0.497 e. The van der Waals surface area contributed by atoms with Gasteiger partial charge in [0.1, 0.15) is 22.1 Å². The average Bonchev–Trinajstić information content (AvgIpc) is 2.87. The van der Waals surface area contributed by atoms with Gasteiger partial charge in [0.15, 0.2) is 0 Å². The largest absolute Gasteiger partial charge is 0.497 e. The van der Waals surface area contributed by atoms with Gasteiger partial charge in [-0.25, -0.2) is 0 Å². The van der Waals surface area contributed by atoms with Gasteiger partial charge in [0, 0.05) is 16.1 Å². The Balaban J connectivity index is 1.75. The molecule has 6 heteroatoms. The predicted octanol–water partition coefficient (Wildman–Crippen LogP) is 5.67. The van der Waals surface area contributed by atoms with Crippen LogP contribution in [0.3, 0.4) is 0 Å². The molecule has 4 nitrogen and oxygen atoms in total. The highest BCUT2D eigenvalue weighted by Gasteiger charge is 2.48. The van der Waals surface area contributed by atoms with E-state index in [1.54, 1.807) is 36.3 Å². The van der Waals surface area contributed by atoms with E-state index in [0.29, 0.717) is 21.3 Å². The number of halogens is 1. The molecule has 0 N–H and O–H groups in total. The predicted molar refractivity (Wildman–Crippen MR) is 120 cm³/mol. The molecule has 150 valence electrons. The van der Waals surface area contributed by atoms with Gasteiger partial charge in [-0.15, -0.1) is 0 Å². The maximum Gasteiger partial charge on any atom is 0.260 e. The lowest BCUT2D eigenvalue weighted by Crippen LogP contribution is -2.49. The van der Waals surface area contributed by atoms with Crippen molar-refractivity contribution in [1.29, 1.82) is 0 Å². The fourth-order valence-electron chi connectivity index (χ4n) is 4.17. The Morgan fingerprint density at radius 2 is 1.66 bits per heavy atom. The number of benzene rings is 2. The maximum absolute atomic E-state index is 13.5. The highest BCUT2D eigenvalue weighted by Crippen LogP contribution is 2.40. The Hall–Kier alpha value is -2.24. The normalized spacial score (nSPS) is 18.5. The van der Waals surface area contributed by atoms with Crippen molar-refractivity contribution >= 4 is 40.4 Å². The van der Waals surface area contributed by atoms with Gasteiger partial charge in [-0.05, 0) is 74.2 Å². The number of hydrogen-bond donors (Lipinski definition) is 0. The van der Waals surface area contributed by atoms with Gasteiger partial charge in [0.2, 0.25) is 0 Å². The molecule has 2 aromatic carbocycles. The summed E-state index contributed by atoms with van der Waals surface area (Å²) >= 11 is 11.8.